The van der Waals surface area contributed by atoms with Crippen LogP contribution in [0.2, 0.25) is 5.02 Å². The third-order valence-electron chi connectivity index (χ3n) is 4.57. The average molecular weight is 338 g/mol. The number of fused-ring (bicyclic) bond motifs is 1. The first-order valence-electron chi connectivity index (χ1n) is 8.33. The largest absolute Gasteiger partial charge is 0.503 e. The van der Waals surface area contributed by atoms with Gasteiger partial charge in [0, 0.05) is 31.1 Å². The average Bonchev–Trinajstić information content (AvgIpc) is 2.95. The summed E-state index contributed by atoms with van der Waals surface area (Å²) in [6.45, 7) is 7.80. The molecule has 0 bridgehead atoms. The van der Waals surface area contributed by atoms with Gasteiger partial charge in [-0.15, -0.1) is 0 Å². The Morgan fingerprint density at radius 2 is 2.26 bits per heavy atom. The Hall–Kier alpha value is -1.46. The molecule has 1 fully saturated rings. The number of halogens is 1. The Kier molecular flexibility index (Phi) is 4.97. The number of likely N-dealkylation sites (tertiary alicyclic amines) is 1. The van der Waals surface area contributed by atoms with E-state index in [1.807, 2.05) is 19.1 Å². The molecule has 23 heavy (non-hydrogen) atoms. The van der Waals surface area contributed by atoms with E-state index >= 15 is 0 Å². The van der Waals surface area contributed by atoms with Crippen LogP contribution in [0.4, 0.5) is 0 Å². The van der Waals surface area contributed by atoms with Gasteiger partial charge in [-0.3, -0.25) is 0 Å². The molecule has 3 rings (SSSR count). The molecule has 2 aliphatic heterocycles. The zero-order valence-electron chi connectivity index (χ0n) is 13.7. The van der Waals surface area contributed by atoms with Gasteiger partial charge in [-0.05, 0) is 37.6 Å². The molecule has 1 aromatic carbocycles. The number of benzene rings is 1. The highest BCUT2D eigenvalue weighted by Crippen LogP contribution is 2.40. The van der Waals surface area contributed by atoms with E-state index < -0.39 is 0 Å². The predicted molar refractivity (Wildman–Crippen MR) is 92.4 cm³/mol. The molecule has 2 heterocycles. The molecule has 2 N–H and O–H groups in total. The number of nitrogens with zero attached hydrogens (tertiary/aromatic N) is 2. The van der Waals surface area contributed by atoms with Crippen LogP contribution >= 0.6 is 11.6 Å². The van der Waals surface area contributed by atoms with Crippen molar-refractivity contribution >= 4 is 17.3 Å². The van der Waals surface area contributed by atoms with Crippen molar-refractivity contribution in [1.82, 2.24) is 10.3 Å². The number of piperidine rings is 1. The fourth-order valence-corrected chi connectivity index (χ4v) is 3.70. The third kappa shape index (κ3) is 3.26. The van der Waals surface area contributed by atoms with Crippen LogP contribution < -0.4 is 10.2 Å². The third-order valence-corrected chi connectivity index (χ3v) is 4.85. The lowest BCUT2D eigenvalue weighted by Gasteiger charge is -2.33. The first-order chi connectivity index (χ1) is 11.1. The fourth-order valence-electron chi connectivity index (χ4n) is 3.48. The molecule has 0 saturated carbocycles. The van der Waals surface area contributed by atoms with Crippen LogP contribution in [0.3, 0.4) is 0 Å². The Bertz CT molecular complexity index is 606. The number of rotatable bonds is 5. The van der Waals surface area contributed by atoms with E-state index in [1.165, 1.54) is 5.71 Å². The Labute approximate surface area is 142 Å². The molecule has 1 saturated heterocycles. The topological polar surface area (TPSA) is 57.1 Å². The summed E-state index contributed by atoms with van der Waals surface area (Å²) in [6, 6.07) is 3.77. The molecule has 6 heteroatoms. The molecule has 0 aliphatic carbocycles. The summed E-state index contributed by atoms with van der Waals surface area (Å²) in [5.74, 6) is 0.796. The van der Waals surface area contributed by atoms with E-state index in [2.05, 4.69) is 22.4 Å². The Morgan fingerprint density at radius 3 is 3.00 bits per heavy atom. The molecule has 126 valence electrons. The quantitative estimate of drug-likeness (QED) is 0.866. The molecule has 2 atom stereocenters. The molecular formula is C17H24ClN3O2. The summed E-state index contributed by atoms with van der Waals surface area (Å²) in [7, 11) is 0. The first-order valence-corrected chi connectivity index (χ1v) is 8.71. The fraction of sp³-hybridized carbons (Fsp3) is 0.588. The minimum Gasteiger partial charge on any atom is -0.503 e. The molecule has 2 unspecified atom stereocenters. The van der Waals surface area contributed by atoms with Crippen molar-refractivity contribution in [3.63, 3.8) is 0 Å². The number of hydrazone groups is 1. The first kappa shape index (κ1) is 16.4. The van der Waals surface area contributed by atoms with Gasteiger partial charge in [0.25, 0.3) is 0 Å². The van der Waals surface area contributed by atoms with Crippen LogP contribution in [0.25, 0.3) is 0 Å². The molecule has 0 radical (unpaired) electrons. The van der Waals surface area contributed by atoms with E-state index in [0.717, 1.165) is 38.0 Å². The highest BCUT2D eigenvalue weighted by Gasteiger charge is 2.37. The summed E-state index contributed by atoms with van der Waals surface area (Å²) < 4.78 is 5.50. The van der Waals surface area contributed by atoms with Gasteiger partial charge < -0.3 is 20.2 Å². The lowest BCUT2D eigenvalue weighted by Crippen LogP contribution is -2.42. The van der Waals surface area contributed by atoms with Crippen LogP contribution in [0.1, 0.15) is 38.3 Å². The van der Waals surface area contributed by atoms with Crippen LogP contribution in [-0.4, -0.2) is 42.0 Å². The highest BCUT2D eigenvalue weighted by atomic mass is 35.5. The lowest BCUT2D eigenvalue weighted by molar-refractivity contribution is 0.228. The molecule has 5 nitrogen and oxygen atoms in total. The number of phenolic OH excluding ortho intramolecular Hbond substituents is 1. The maximum Gasteiger partial charge on any atom is 0.176 e. The Balaban J connectivity index is 1.84. The van der Waals surface area contributed by atoms with Crippen molar-refractivity contribution in [2.24, 2.45) is 11.0 Å². The molecular weight excluding hydrogens is 314 g/mol. The standard InChI is InChI=1S/C17H24ClN3O2/c1-3-6-21-7-5-14-12(10-21)16(20-19-14)11-8-13(18)17(22)15(9-11)23-4-2/h8-9,12,16,20,22H,3-7,10H2,1-2H3. The van der Waals surface area contributed by atoms with Gasteiger partial charge in [0.15, 0.2) is 11.5 Å². The van der Waals surface area contributed by atoms with Gasteiger partial charge in [-0.25, -0.2) is 0 Å². The SMILES string of the molecule is CCCN1CCC2=NNC(c3cc(Cl)c(O)c(OCC)c3)C2C1. The predicted octanol–water partition coefficient (Wildman–Crippen LogP) is 3.18. The molecule has 2 aliphatic rings. The van der Waals surface area contributed by atoms with Crippen LogP contribution in [0.15, 0.2) is 17.2 Å². The van der Waals surface area contributed by atoms with Gasteiger partial charge in [0.2, 0.25) is 0 Å². The number of aromatic hydroxyl groups is 1. The second kappa shape index (κ2) is 6.97. The summed E-state index contributed by atoms with van der Waals surface area (Å²) in [5, 5.41) is 14.9. The van der Waals surface area contributed by atoms with E-state index in [-0.39, 0.29) is 11.8 Å². The number of hydrogen-bond acceptors (Lipinski definition) is 5. The summed E-state index contributed by atoms with van der Waals surface area (Å²) >= 11 is 6.18. The van der Waals surface area contributed by atoms with Crippen molar-refractivity contribution in [2.45, 2.75) is 32.7 Å². The van der Waals surface area contributed by atoms with E-state index in [0.29, 0.717) is 23.3 Å². The molecule has 1 aromatic rings. The van der Waals surface area contributed by atoms with Crippen LogP contribution in [0.5, 0.6) is 11.5 Å². The van der Waals surface area contributed by atoms with Crippen LogP contribution in [0, 0.1) is 5.92 Å². The van der Waals surface area contributed by atoms with Crippen LogP contribution in [-0.2, 0) is 0 Å². The summed E-state index contributed by atoms with van der Waals surface area (Å²) in [5.41, 5.74) is 5.51. The summed E-state index contributed by atoms with van der Waals surface area (Å²) in [4.78, 5) is 2.50. The van der Waals surface area contributed by atoms with Gasteiger partial charge in [0.05, 0.1) is 17.7 Å². The number of ether oxygens (including phenoxy) is 1. The molecule has 0 amide bonds. The smallest absolute Gasteiger partial charge is 0.176 e. The zero-order chi connectivity index (χ0) is 16.4. The highest BCUT2D eigenvalue weighted by molar-refractivity contribution is 6.32. The maximum absolute atomic E-state index is 10.0. The second-order valence-corrected chi connectivity index (χ2v) is 6.56. The number of nitrogens with one attached hydrogen (secondary N) is 1. The minimum absolute atomic E-state index is 0.00709. The Morgan fingerprint density at radius 1 is 1.43 bits per heavy atom. The minimum atomic E-state index is 0.00709. The van der Waals surface area contributed by atoms with E-state index in [1.54, 1.807) is 0 Å². The van der Waals surface area contributed by atoms with Crippen molar-refractivity contribution < 1.29 is 9.84 Å². The van der Waals surface area contributed by atoms with Gasteiger partial charge in [0.1, 0.15) is 0 Å². The van der Waals surface area contributed by atoms with Crippen molar-refractivity contribution in [3.8, 4) is 11.5 Å². The second-order valence-electron chi connectivity index (χ2n) is 6.15. The van der Waals surface area contributed by atoms with Crippen molar-refractivity contribution in [1.29, 1.82) is 0 Å². The molecule has 0 spiro atoms. The lowest BCUT2D eigenvalue weighted by atomic mass is 9.86. The van der Waals surface area contributed by atoms with Gasteiger partial charge >= 0.3 is 0 Å². The number of hydrogen-bond donors (Lipinski definition) is 2. The van der Waals surface area contributed by atoms with E-state index in [4.69, 9.17) is 16.3 Å². The zero-order valence-corrected chi connectivity index (χ0v) is 14.4. The van der Waals surface area contributed by atoms with Gasteiger partial charge in [-0.1, -0.05) is 18.5 Å². The summed E-state index contributed by atoms with van der Waals surface area (Å²) in [6.07, 6.45) is 2.18. The maximum atomic E-state index is 10.0. The monoisotopic (exact) mass is 337 g/mol. The van der Waals surface area contributed by atoms with Gasteiger partial charge in [-0.2, -0.15) is 5.10 Å². The molecule has 0 aromatic heterocycles. The van der Waals surface area contributed by atoms with Crippen molar-refractivity contribution in [2.75, 3.05) is 26.2 Å². The normalized spacial score (nSPS) is 24.0. The van der Waals surface area contributed by atoms with Crippen molar-refractivity contribution in [3.05, 3.63) is 22.7 Å². The number of phenols is 1. The van der Waals surface area contributed by atoms with E-state index in [9.17, 15) is 5.11 Å².